The van der Waals surface area contributed by atoms with Crippen molar-refractivity contribution in [3.05, 3.63) is 30.1 Å². The van der Waals surface area contributed by atoms with Crippen LogP contribution in [0.2, 0.25) is 0 Å². The maximum absolute atomic E-state index is 13.3. The van der Waals surface area contributed by atoms with Gasteiger partial charge in [0.1, 0.15) is 5.78 Å². The highest BCUT2D eigenvalue weighted by molar-refractivity contribution is 5.82. The summed E-state index contributed by atoms with van der Waals surface area (Å²) in [6.45, 7) is 5.01. The van der Waals surface area contributed by atoms with E-state index in [4.69, 9.17) is 0 Å². The largest absolute Gasteiger partial charge is 0.393 e. The van der Waals surface area contributed by atoms with Crippen molar-refractivity contribution in [1.82, 2.24) is 4.98 Å². The molecule has 164 valence electrons. The van der Waals surface area contributed by atoms with Crippen LogP contribution in [0, 0.1) is 40.4 Å². The molecule has 4 saturated carbocycles. The summed E-state index contributed by atoms with van der Waals surface area (Å²) < 4.78 is 0. The molecule has 4 fully saturated rings. The van der Waals surface area contributed by atoms with Gasteiger partial charge < -0.3 is 5.11 Å². The van der Waals surface area contributed by atoms with Gasteiger partial charge in [-0.2, -0.15) is 0 Å². The molecular formula is C27H39NO2. The highest BCUT2D eigenvalue weighted by atomic mass is 16.3. The van der Waals surface area contributed by atoms with E-state index in [1.807, 2.05) is 12.3 Å². The lowest BCUT2D eigenvalue weighted by Gasteiger charge is -2.60. The maximum atomic E-state index is 13.3. The fraction of sp³-hybridized carbons (Fsp3) is 0.778. The number of nitrogens with zero attached hydrogens (tertiary/aromatic N) is 1. The van der Waals surface area contributed by atoms with Crippen LogP contribution in [0.25, 0.3) is 0 Å². The SMILES string of the molecule is C[C@]12CC[C@H]3[C@@H](CCC4C[C@@H](O)CC[C@@]43C)[C@@H]1CC[C@@H]2C(=O)CCc1cccnc1. The molecule has 1 aromatic heterocycles. The third-order valence-electron chi connectivity index (χ3n) is 10.4. The van der Waals surface area contributed by atoms with E-state index in [0.29, 0.717) is 23.5 Å². The van der Waals surface area contributed by atoms with E-state index >= 15 is 0 Å². The first-order valence-electron chi connectivity index (χ1n) is 12.5. The number of fused-ring (bicyclic) bond motifs is 5. The minimum atomic E-state index is -0.0678. The number of aryl methyl sites for hydroxylation is 1. The Balaban J connectivity index is 1.30. The number of aliphatic hydroxyl groups excluding tert-OH is 1. The molecule has 5 rings (SSSR count). The predicted molar refractivity (Wildman–Crippen MR) is 119 cm³/mol. The lowest BCUT2D eigenvalue weighted by molar-refractivity contribution is -0.139. The number of carbonyl (C=O) groups excluding carboxylic acids is 1. The Hall–Kier alpha value is -1.22. The normalized spacial score (nSPS) is 45.3. The minimum Gasteiger partial charge on any atom is -0.393 e. The maximum Gasteiger partial charge on any atom is 0.136 e. The topological polar surface area (TPSA) is 50.2 Å². The summed E-state index contributed by atoms with van der Waals surface area (Å²) >= 11 is 0. The van der Waals surface area contributed by atoms with Gasteiger partial charge in [-0.05, 0) is 110 Å². The van der Waals surface area contributed by atoms with Crippen molar-refractivity contribution in [2.75, 3.05) is 0 Å². The summed E-state index contributed by atoms with van der Waals surface area (Å²) in [5, 5.41) is 10.2. The van der Waals surface area contributed by atoms with Crippen LogP contribution < -0.4 is 0 Å². The van der Waals surface area contributed by atoms with Gasteiger partial charge in [0.15, 0.2) is 0 Å². The zero-order valence-corrected chi connectivity index (χ0v) is 18.9. The Labute approximate surface area is 182 Å². The third-order valence-corrected chi connectivity index (χ3v) is 10.4. The second-order valence-electron chi connectivity index (χ2n) is 11.6. The number of rotatable bonds is 4. The van der Waals surface area contributed by atoms with E-state index in [0.717, 1.165) is 43.4 Å². The Bertz CT molecular complexity index is 778. The molecule has 4 aliphatic carbocycles. The molecule has 0 spiro atoms. The number of aliphatic hydroxyl groups is 1. The van der Waals surface area contributed by atoms with Crippen molar-refractivity contribution in [1.29, 1.82) is 0 Å². The van der Waals surface area contributed by atoms with Crippen LogP contribution in [0.5, 0.6) is 0 Å². The van der Waals surface area contributed by atoms with Gasteiger partial charge in [-0.1, -0.05) is 19.9 Å². The summed E-state index contributed by atoms with van der Waals surface area (Å²) in [4.78, 5) is 17.5. The van der Waals surface area contributed by atoms with Crippen LogP contribution in [0.1, 0.15) is 83.6 Å². The van der Waals surface area contributed by atoms with E-state index in [2.05, 4.69) is 24.9 Å². The zero-order valence-electron chi connectivity index (χ0n) is 18.9. The average Bonchev–Trinajstić information content (AvgIpc) is 3.10. The number of hydrogen-bond donors (Lipinski definition) is 1. The monoisotopic (exact) mass is 409 g/mol. The molecule has 0 aromatic carbocycles. The lowest BCUT2D eigenvalue weighted by atomic mass is 9.44. The number of hydrogen-bond acceptors (Lipinski definition) is 3. The van der Waals surface area contributed by atoms with Gasteiger partial charge in [0.05, 0.1) is 6.10 Å². The minimum absolute atomic E-state index is 0.0678. The molecule has 1 aromatic rings. The number of aromatic nitrogens is 1. The Morgan fingerprint density at radius 3 is 2.67 bits per heavy atom. The van der Waals surface area contributed by atoms with Crippen molar-refractivity contribution >= 4 is 5.78 Å². The Kier molecular flexibility index (Phi) is 5.32. The molecule has 1 unspecified atom stereocenters. The van der Waals surface area contributed by atoms with Crippen LogP contribution in [-0.4, -0.2) is 22.0 Å². The molecule has 0 bridgehead atoms. The van der Waals surface area contributed by atoms with Crippen molar-refractivity contribution in [2.24, 2.45) is 40.4 Å². The highest BCUT2D eigenvalue weighted by Gasteiger charge is 2.60. The average molecular weight is 410 g/mol. The van der Waals surface area contributed by atoms with Gasteiger partial charge in [-0.3, -0.25) is 9.78 Å². The predicted octanol–water partition coefficient (Wildman–Crippen LogP) is 5.60. The van der Waals surface area contributed by atoms with Crippen LogP contribution in [0.15, 0.2) is 24.5 Å². The van der Waals surface area contributed by atoms with E-state index in [9.17, 15) is 9.90 Å². The summed E-state index contributed by atoms with van der Waals surface area (Å²) in [5.74, 6) is 3.82. The summed E-state index contributed by atoms with van der Waals surface area (Å²) in [5.41, 5.74) is 1.82. The van der Waals surface area contributed by atoms with Gasteiger partial charge >= 0.3 is 0 Å². The van der Waals surface area contributed by atoms with Crippen LogP contribution in [0.4, 0.5) is 0 Å². The number of ketones is 1. The molecular weight excluding hydrogens is 370 g/mol. The fourth-order valence-corrected chi connectivity index (χ4v) is 8.75. The molecule has 0 amide bonds. The molecule has 8 atom stereocenters. The Morgan fingerprint density at radius 2 is 1.87 bits per heavy atom. The standard InChI is InChI=1S/C27H39NO2/c1-26-13-11-20(29)16-19(26)6-7-21-22-8-9-24(27(22,2)14-12-23(21)26)25(30)10-5-18-4-3-15-28-17-18/h3-4,15,17,19-24,29H,5-14,16H2,1-2H3/t19?,20-,21-,22-,23-,24+,26-,27-/m0/s1. The van der Waals surface area contributed by atoms with Crippen molar-refractivity contribution < 1.29 is 9.90 Å². The molecule has 3 nitrogen and oxygen atoms in total. The molecule has 1 N–H and O–H groups in total. The second-order valence-corrected chi connectivity index (χ2v) is 11.6. The van der Waals surface area contributed by atoms with Crippen molar-refractivity contribution in [3.8, 4) is 0 Å². The van der Waals surface area contributed by atoms with E-state index in [1.54, 1.807) is 6.20 Å². The van der Waals surface area contributed by atoms with Gasteiger partial charge in [0.25, 0.3) is 0 Å². The van der Waals surface area contributed by atoms with Crippen molar-refractivity contribution in [2.45, 2.75) is 90.6 Å². The first-order chi connectivity index (χ1) is 14.4. The molecule has 0 aliphatic heterocycles. The van der Waals surface area contributed by atoms with Gasteiger partial charge in [0.2, 0.25) is 0 Å². The van der Waals surface area contributed by atoms with E-state index in [1.165, 1.54) is 44.1 Å². The van der Waals surface area contributed by atoms with Crippen molar-refractivity contribution in [3.63, 3.8) is 0 Å². The second kappa shape index (κ2) is 7.73. The van der Waals surface area contributed by atoms with E-state index in [-0.39, 0.29) is 17.4 Å². The molecule has 4 aliphatic rings. The summed E-state index contributed by atoms with van der Waals surface area (Å²) in [6.07, 6.45) is 15.9. The quantitative estimate of drug-likeness (QED) is 0.704. The first-order valence-corrected chi connectivity index (χ1v) is 12.5. The Morgan fingerprint density at radius 1 is 1.07 bits per heavy atom. The van der Waals surface area contributed by atoms with Gasteiger partial charge in [-0.25, -0.2) is 0 Å². The molecule has 3 heteroatoms. The molecule has 0 saturated heterocycles. The number of Topliss-reactive ketones (excluding diaryl/α,β-unsaturated/α-hetero) is 1. The zero-order chi connectivity index (χ0) is 20.9. The van der Waals surface area contributed by atoms with E-state index < -0.39 is 0 Å². The number of pyridine rings is 1. The smallest absolute Gasteiger partial charge is 0.136 e. The molecule has 1 heterocycles. The fourth-order valence-electron chi connectivity index (χ4n) is 8.75. The lowest BCUT2D eigenvalue weighted by Crippen LogP contribution is -2.54. The van der Waals surface area contributed by atoms with Crippen LogP contribution in [-0.2, 0) is 11.2 Å². The van der Waals surface area contributed by atoms with Crippen LogP contribution >= 0.6 is 0 Å². The molecule has 0 radical (unpaired) electrons. The summed E-state index contributed by atoms with van der Waals surface area (Å²) in [7, 11) is 0. The van der Waals surface area contributed by atoms with Crippen LogP contribution in [0.3, 0.4) is 0 Å². The first kappa shape index (κ1) is 20.7. The molecule has 30 heavy (non-hydrogen) atoms. The third kappa shape index (κ3) is 3.27. The van der Waals surface area contributed by atoms with Gasteiger partial charge in [-0.15, -0.1) is 0 Å². The summed E-state index contributed by atoms with van der Waals surface area (Å²) in [6, 6.07) is 4.06. The highest BCUT2D eigenvalue weighted by Crippen LogP contribution is 2.67. The number of carbonyl (C=O) groups is 1. The van der Waals surface area contributed by atoms with Gasteiger partial charge in [0, 0.05) is 24.7 Å².